The van der Waals surface area contributed by atoms with Crippen LogP contribution in [-0.4, -0.2) is 27.4 Å². The number of aliphatic imine (C=N–C) groups is 1. The molecule has 0 bridgehead atoms. The molecule has 0 atom stereocenters. The molecule has 1 aromatic heterocycles. The zero-order chi connectivity index (χ0) is 11.8. The van der Waals surface area contributed by atoms with Crippen molar-refractivity contribution in [3.05, 3.63) is 35.9 Å². The summed E-state index contributed by atoms with van der Waals surface area (Å²) in [5.41, 5.74) is 3.26. The third-order valence-corrected chi connectivity index (χ3v) is 3.05. The van der Waals surface area contributed by atoms with Gasteiger partial charge in [0.05, 0.1) is 12.1 Å². The maximum Gasteiger partial charge on any atom is 0.151 e. The molecular formula is C13H14N4. The minimum atomic E-state index is 0.533. The molecule has 0 saturated heterocycles. The van der Waals surface area contributed by atoms with Crippen LogP contribution in [0.4, 0.5) is 0 Å². The molecular weight excluding hydrogens is 212 g/mol. The van der Waals surface area contributed by atoms with Crippen LogP contribution in [-0.2, 0) is 0 Å². The van der Waals surface area contributed by atoms with Gasteiger partial charge in [0.15, 0.2) is 5.84 Å². The summed E-state index contributed by atoms with van der Waals surface area (Å²) in [6.45, 7) is 5.15. The Hall–Kier alpha value is -1.97. The van der Waals surface area contributed by atoms with E-state index >= 15 is 0 Å². The summed E-state index contributed by atoms with van der Waals surface area (Å²) < 4.78 is 1.81. The summed E-state index contributed by atoms with van der Waals surface area (Å²) in [6.07, 6.45) is 2.12. The molecule has 0 amide bonds. The Morgan fingerprint density at radius 2 is 2.06 bits per heavy atom. The fourth-order valence-corrected chi connectivity index (χ4v) is 1.94. The number of hydrogen-bond acceptors (Lipinski definition) is 3. The van der Waals surface area contributed by atoms with Gasteiger partial charge < -0.3 is 0 Å². The van der Waals surface area contributed by atoms with Crippen molar-refractivity contribution >= 4 is 16.9 Å². The van der Waals surface area contributed by atoms with Gasteiger partial charge in [-0.3, -0.25) is 4.99 Å². The van der Waals surface area contributed by atoms with Crippen molar-refractivity contribution in [3.63, 3.8) is 0 Å². The normalized spacial score (nSPS) is 15.5. The second-order valence-electron chi connectivity index (χ2n) is 4.54. The van der Waals surface area contributed by atoms with Crippen molar-refractivity contribution in [2.75, 3.05) is 6.54 Å². The molecule has 4 nitrogen and oxygen atoms in total. The standard InChI is InChI=1S/C13H14N4/c1-9(2)10-7-13(14-8-10)17-12-6-4-3-5-11(12)15-16-17/h3-7,9H,8H2,1-2H3. The van der Waals surface area contributed by atoms with E-state index in [1.165, 1.54) is 5.57 Å². The van der Waals surface area contributed by atoms with Crippen LogP contribution in [0.3, 0.4) is 0 Å². The third-order valence-electron chi connectivity index (χ3n) is 3.05. The van der Waals surface area contributed by atoms with E-state index in [4.69, 9.17) is 0 Å². The maximum atomic E-state index is 4.52. The summed E-state index contributed by atoms with van der Waals surface area (Å²) in [4.78, 5) is 4.52. The molecule has 0 aliphatic carbocycles. The first-order chi connectivity index (χ1) is 8.25. The number of rotatable bonds is 1. The van der Waals surface area contributed by atoms with E-state index in [0.717, 1.165) is 23.4 Å². The first-order valence-electron chi connectivity index (χ1n) is 5.81. The summed E-state index contributed by atoms with van der Waals surface area (Å²) in [6, 6.07) is 7.93. The monoisotopic (exact) mass is 226 g/mol. The molecule has 1 aromatic carbocycles. The van der Waals surface area contributed by atoms with Crippen molar-refractivity contribution in [1.82, 2.24) is 15.0 Å². The highest BCUT2D eigenvalue weighted by molar-refractivity contribution is 6.01. The van der Waals surface area contributed by atoms with Gasteiger partial charge in [-0.1, -0.05) is 31.2 Å². The van der Waals surface area contributed by atoms with Crippen LogP contribution in [0, 0.1) is 5.92 Å². The number of para-hydroxylation sites is 1. The van der Waals surface area contributed by atoms with E-state index in [9.17, 15) is 0 Å². The molecule has 3 rings (SSSR count). The molecule has 17 heavy (non-hydrogen) atoms. The molecule has 2 heterocycles. The lowest BCUT2D eigenvalue weighted by Crippen LogP contribution is -2.09. The highest BCUT2D eigenvalue weighted by atomic mass is 15.4. The zero-order valence-electron chi connectivity index (χ0n) is 9.96. The highest BCUT2D eigenvalue weighted by Gasteiger charge is 2.15. The molecule has 0 saturated carbocycles. The molecule has 0 unspecified atom stereocenters. The van der Waals surface area contributed by atoms with Gasteiger partial charge >= 0.3 is 0 Å². The molecule has 0 spiro atoms. The smallest absolute Gasteiger partial charge is 0.151 e. The third kappa shape index (κ3) is 1.65. The summed E-state index contributed by atoms with van der Waals surface area (Å²) in [5, 5.41) is 8.30. The number of benzene rings is 1. The Balaban J connectivity index is 2.06. The lowest BCUT2D eigenvalue weighted by atomic mass is 10.0. The SMILES string of the molecule is CC(C)C1=CC(n2nnc3ccccc32)=NC1. The van der Waals surface area contributed by atoms with E-state index in [1.807, 2.05) is 28.9 Å². The predicted molar refractivity (Wildman–Crippen MR) is 68.1 cm³/mol. The largest absolute Gasteiger partial charge is 0.262 e. The molecule has 1 aliphatic rings. The van der Waals surface area contributed by atoms with Gasteiger partial charge in [0.2, 0.25) is 0 Å². The fraction of sp³-hybridized carbons (Fsp3) is 0.308. The van der Waals surface area contributed by atoms with E-state index < -0.39 is 0 Å². The number of nitrogens with zero attached hydrogens (tertiary/aromatic N) is 4. The minimum Gasteiger partial charge on any atom is -0.262 e. The highest BCUT2D eigenvalue weighted by Crippen LogP contribution is 2.18. The van der Waals surface area contributed by atoms with Crippen LogP contribution < -0.4 is 0 Å². The maximum absolute atomic E-state index is 4.52. The molecule has 4 heteroatoms. The molecule has 1 aliphatic heterocycles. The summed E-state index contributed by atoms with van der Waals surface area (Å²) in [7, 11) is 0. The molecule has 2 aromatic rings. The van der Waals surface area contributed by atoms with Gasteiger partial charge in [-0.2, -0.15) is 4.68 Å². The van der Waals surface area contributed by atoms with Crippen LogP contribution in [0.2, 0.25) is 0 Å². The van der Waals surface area contributed by atoms with E-state index in [1.54, 1.807) is 0 Å². The topological polar surface area (TPSA) is 43.1 Å². The number of allylic oxidation sites excluding steroid dienone is 1. The van der Waals surface area contributed by atoms with Crippen LogP contribution in [0.1, 0.15) is 13.8 Å². The predicted octanol–water partition coefficient (Wildman–Crippen LogP) is 2.27. The lowest BCUT2D eigenvalue weighted by Gasteiger charge is -2.02. The average Bonchev–Trinajstić information content (AvgIpc) is 2.95. The van der Waals surface area contributed by atoms with Gasteiger partial charge in [-0.25, -0.2) is 0 Å². The number of aromatic nitrogens is 3. The van der Waals surface area contributed by atoms with E-state index in [-0.39, 0.29) is 0 Å². The first-order valence-corrected chi connectivity index (χ1v) is 5.81. The quantitative estimate of drug-likeness (QED) is 0.748. The van der Waals surface area contributed by atoms with Gasteiger partial charge in [-0.05, 0) is 29.7 Å². The van der Waals surface area contributed by atoms with Crippen molar-refractivity contribution in [2.45, 2.75) is 13.8 Å². The second kappa shape index (κ2) is 3.80. The Labute approximate surface area is 99.7 Å². The zero-order valence-corrected chi connectivity index (χ0v) is 9.96. The molecule has 0 N–H and O–H groups in total. The van der Waals surface area contributed by atoms with Crippen LogP contribution in [0.15, 0.2) is 40.9 Å². The fourth-order valence-electron chi connectivity index (χ4n) is 1.94. The van der Waals surface area contributed by atoms with E-state index in [2.05, 4.69) is 35.2 Å². The Morgan fingerprint density at radius 3 is 2.82 bits per heavy atom. The van der Waals surface area contributed by atoms with Crippen LogP contribution in [0.25, 0.3) is 11.0 Å². The molecule has 0 radical (unpaired) electrons. The average molecular weight is 226 g/mol. The number of hydrogen-bond donors (Lipinski definition) is 0. The number of fused-ring (bicyclic) bond motifs is 1. The minimum absolute atomic E-state index is 0.533. The van der Waals surface area contributed by atoms with Crippen LogP contribution in [0.5, 0.6) is 0 Å². The summed E-state index contributed by atoms with van der Waals surface area (Å²) >= 11 is 0. The van der Waals surface area contributed by atoms with Crippen molar-refractivity contribution in [3.8, 4) is 0 Å². The Bertz CT molecular complexity index is 619. The second-order valence-corrected chi connectivity index (χ2v) is 4.54. The molecule has 86 valence electrons. The Kier molecular flexibility index (Phi) is 2.28. The van der Waals surface area contributed by atoms with Gasteiger partial charge in [0.1, 0.15) is 5.52 Å². The van der Waals surface area contributed by atoms with Crippen LogP contribution >= 0.6 is 0 Å². The van der Waals surface area contributed by atoms with Gasteiger partial charge in [0, 0.05) is 0 Å². The van der Waals surface area contributed by atoms with E-state index in [0.29, 0.717) is 5.92 Å². The Morgan fingerprint density at radius 1 is 1.24 bits per heavy atom. The first kappa shape index (κ1) is 10.2. The van der Waals surface area contributed by atoms with Crippen molar-refractivity contribution in [1.29, 1.82) is 0 Å². The van der Waals surface area contributed by atoms with Gasteiger partial charge in [0.25, 0.3) is 0 Å². The van der Waals surface area contributed by atoms with Gasteiger partial charge in [-0.15, -0.1) is 5.10 Å². The molecule has 0 fully saturated rings. The lowest BCUT2D eigenvalue weighted by molar-refractivity contribution is 0.754. The van der Waals surface area contributed by atoms with Crippen molar-refractivity contribution < 1.29 is 0 Å². The van der Waals surface area contributed by atoms with Crippen molar-refractivity contribution in [2.24, 2.45) is 10.9 Å². The summed E-state index contributed by atoms with van der Waals surface area (Å²) in [5.74, 6) is 1.42.